The van der Waals surface area contributed by atoms with Crippen LogP contribution in [0.4, 0.5) is 4.79 Å². The summed E-state index contributed by atoms with van der Waals surface area (Å²) in [6, 6.07) is -0.158. The maximum absolute atomic E-state index is 11.8. The van der Waals surface area contributed by atoms with Crippen molar-refractivity contribution in [3.63, 3.8) is 0 Å². The monoisotopic (exact) mass is 215 g/mol. The lowest BCUT2D eigenvalue weighted by molar-refractivity contribution is 0.0177. The highest BCUT2D eigenvalue weighted by Crippen LogP contribution is 2.25. The Bertz CT molecular complexity index is 247. The second-order valence-corrected chi connectivity index (χ2v) is 5.34. The molecule has 0 aliphatic carbocycles. The van der Waals surface area contributed by atoms with Gasteiger partial charge in [0.2, 0.25) is 0 Å². The summed E-state index contributed by atoms with van der Waals surface area (Å²) in [7, 11) is 0. The van der Waals surface area contributed by atoms with Gasteiger partial charge in [-0.3, -0.25) is 0 Å². The first-order valence-corrected chi connectivity index (χ1v) is 5.40. The van der Waals surface area contributed by atoms with Crippen LogP contribution in [0.3, 0.4) is 0 Å². The Balaban J connectivity index is 2.62. The van der Waals surface area contributed by atoms with Crippen molar-refractivity contribution in [2.75, 3.05) is 6.54 Å². The first-order chi connectivity index (χ1) is 6.72. The number of hydrogen-bond donors (Lipinski definition) is 1. The topological polar surface area (TPSA) is 49.8 Å². The molecule has 15 heavy (non-hydrogen) atoms. The Morgan fingerprint density at radius 1 is 1.40 bits per heavy atom. The lowest BCUT2D eigenvalue weighted by Crippen LogP contribution is -2.40. The molecule has 1 amide bonds. The van der Waals surface area contributed by atoms with Gasteiger partial charge in [-0.25, -0.2) is 4.79 Å². The normalized spacial score (nSPS) is 31.9. The molecule has 1 rings (SSSR count). The highest BCUT2D eigenvalue weighted by atomic mass is 16.6. The van der Waals surface area contributed by atoms with Gasteiger partial charge in [-0.1, -0.05) is 6.92 Å². The van der Waals surface area contributed by atoms with Crippen LogP contribution in [0.25, 0.3) is 0 Å². The largest absolute Gasteiger partial charge is 0.444 e. The lowest BCUT2D eigenvalue weighted by atomic mass is 10.1. The van der Waals surface area contributed by atoms with Gasteiger partial charge in [0.1, 0.15) is 5.60 Å². The maximum Gasteiger partial charge on any atom is 0.410 e. The van der Waals surface area contributed by atoms with Crippen LogP contribution >= 0.6 is 0 Å². The third-order valence-electron chi connectivity index (χ3n) is 2.68. The zero-order chi connectivity index (χ0) is 11.8. The van der Waals surface area contributed by atoms with Crippen molar-refractivity contribution in [3.8, 4) is 0 Å². The zero-order valence-corrected chi connectivity index (χ0v) is 10.2. The van der Waals surface area contributed by atoms with E-state index in [-0.39, 0.29) is 18.1 Å². The number of aliphatic hydroxyl groups is 1. The molecule has 88 valence electrons. The molecule has 0 unspecified atom stereocenters. The summed E-state index contributed by atoms with van der Waals surface area (Å²) in [4.78, 5) is 13.4. The fraction of sp³-hybridized carbons (Fsp3) is 0.909. The molecule has 4 heteroatoms. The van der Waals surface area contributed by atoms with Gasteiger partial charge in [0.15, 0.2) is 0 Å². The standard InChI is InChI=1S/C11H21NO3/c1-7-6-12(8(2)9(7)13)10(14)15-11(3,4)5/h7-9,13H,6H2,1-5H3/t7-,8+,9+/m0/s1. The number of aliphatic hydroxyl groups excluding tert-OH is 1. The van der Waals surface area contributed by atoms with E-state index in [4.69, 9.17) is 4.74 Å². The smallest absolute Gasteiger partial charge is 0.410 e. The first-order valence-electron chi connectivity index (χ1n) is 5.40. The molecular formula is C11H21NO3. The number of amides is 1. The molecule has 1 fully saturated rings. The van der Waals surface area contributed by atoms with Crippen LogP contribution < -0.4 is 0 Å². The van der Waals surface area contributed by atoms with E-state index in [1.165, 1.54) is 0 Å². The summed E-state index contributed by atoms with van der Waals surface area (Å²) in [5.41, 5.74) is -0.479. The highest BCUT2D eigenvalue weighted by Gasteiger charge is 2.39. The summed E-state index contributed by atoms with van der Waals surface area (Å²) in [6.45, 7) is 9.86. The van der Waals surface area contributed by atoms with Gasteiger partial charge in [-0.2, -0.15) is 0 Å². The van der Waals surface area contributed by atoms with Crippen LogP contribution in [0.15, 0.2) is 0 Å². The van der Waals surface area contributed by atoms with Gasteiger partial charge in [0.05, 0.1) is 12.1 Å². The average molecular weight is 215 g/mol. The summed E-state index contributed by atoms with van der Waals surface area (Å²) >= 11 is 0. The number of carbonyl (C=O) groups excluding carboxylic acids is 1. The minimum atomic E-state index is -0.479. The van der Waals surface area contributed by atoms with Crippen molar-refractivity contribution in [1.29, 1.82) is 0 Å². The van der Waals surface area contributed by atoms with Gasteiger partial charge < -0.3 is 14.7 Å². The minimum Gasteiger partial charge on any atom is -0.444 e. The predicted molar refractivity (Wildman–Crippen MR) is 57.6 cm³/mol. The fourth-order valence-electron chi connectivity index (χ4n) is 1.81. The minimum absolute atomic E-state index is 0.118. The Hall–Kier alpha value is -0.770. The van der Waals surface area contributed by atoms with Crippen LogP contribution in [0.2, 0.25) is 0 Å². The van der Waals surface area contributed by atoms with Crippen molar-refractivity contribution >= 4 is 6.09 Å². The average Bonchev–Trinajstić information content (AvgIpc) is 2.30. The van der Waals surface area contributed by atoms with E-state index in [9.17, 15) is 9.90 Å². The van der Waals surface area contributed by atoms with Crippen molar-refractivity contribution in [3.05, 3.63) is 0 Å². The Morgan fingerprint density at radius 2 is 1.93 bits per heavy atom. The fourth-order valence-corrected chi connectivity index (χ4v) is 1.81. The number of nitrogens with zero attached hydrogens (tertiary/aromatic N) is 1. The van der Waals surface area contributed by atoms with E-state index >= 15 is 0 Å². The molecule has 0 radical (unpaired) electrons. The van der Waals surface area contributed by atoms with Crippen molar-refractivity contribution < 1.29 is 14.6 Å². The molecule has 1 saturated heterocycles. The van der Waals surface area contributed by atoms with Crippen LogP contribution in [0, 0.1) is 5.92 Å². The molecule has 0 aromatic heterocycles. The summed E-state index contributed by atoms with van der Waals surface area (Å²) in [6.07, 6.45) is -0.782. The van der Waals surface area contributed by atoms with Crippen LogP contribution in [0.1, 0.15) is 34.6 Å². The number of rotatable bonds is 0. The lowest BCUT2D eigenvalue weighted by Gasteiger charge is -2.27. The Kier molecular flexibility index (Phi) is 3.28. The molecule has 0 saturated carbocycles. The summed E-state index contributed by atoms with van der Waals surface area (Å²) in [5, 5.41) is 9.73. The van der Waals surface area contributed by atoms with E-state index in [0.29, 0.717) is 6.54 Å². The third kappa shape index (κ3) is 2.84. The van der Waals surface area contributed by atoms with Gasteiger partial charge in [-0.05, 0) is 27.7 Å². The molecule has 3 atom stereocenters. The molecule has 1 aliphatic rings. The van der Waals surface area contributed by atoms with Crippen molar-refractivity contribution in [2.24, 2.45) is 5.92 Å². The Morgan fingerprint density at radius 3 is 2.27 bits per heavy atom. The maximum atomic E-state index is 11.8. The number of likely N-dealkylation sites (tertiary alicyclic amines) is 1. The van der Waals surface area contributed by atoms with E-state index < -0.39 is 11.7 Å². The summed E-state index contributed by atoms with van der Waals surface area (Å²) < 4.78 is 5.26. The van der Waals surface area contributed by atoms with Gasteiger partial charge >= 0.3 is 6.09 Å². The van der Waals surface area contributed by atoms with E-state index in [2.05, 4.69) is 0 Å². The van der Waals surface area contributed by atoms with Crippen molar-refractivity contribution in [2.45, 2.75) is 52.4 Å². The predicted octanol–water partition coefficient (Wildman–Crippen LogP) is 1.62. The molecule has 1 heterocycles. The van der Waals surface area contributed by atoms with E-state index in [1.54, 1.807) is 4.90 Å². The van der Waals surface area contributed by atoms with Crippen molar-refractivity contribution in [1.82, 2.24) is 4.90 Å². The number of hydrogen-bond acceptors (Lipinski definition) is 3. The molecule has 0 aromatic rings. The zero-order valence-electron chi connectivity index (χ0n) is 10.2. The molecule has 0 aromatic carbocycles. The van der Waals surface area contributed by atoms with Gasteiger partial charge in [0.25, 0.3) is 0 Å². The van der Waals surface area contributed by atoms with Crippen LogP contribution in [0.5, 0.6) is 0 Å². The third-order valence-corrected chi connectivity index (χ3v) is 2.68. The SMILES string of the molecule is C[C@@H]1[C@H](O)[C@@H](C)CN1C(=O)OC(C)(C)C. The number of ether oxygens (including phenoxy) is 1. The van der Waals surface area contributed by atoms with Gasteiger partial charge in [0, 0.05) is 12.5 Å². The first kappa shape index (κ1) is 12.3. The van der Waals surface area contributed by atoms with Crippen LogP contribution in [-0.4, -0.2) is 40.4 Å². The summed E-state index contributed by atoms with van der Waals surface area (Å²) in [5.74, 6) is 0.118. The van der Waals surface area contributed by atoms with Gasteiger partial charge in [-0.15, -0.1) is 0 Å². The molecular weight excluding hydrogens is 194 g/mol. The Labute approximate surface area is 91.2 Å². The highest BCUT2D eigenvalue weighted by molar-refractivity contribution is 5.69. The molecule has 1 aliphatic heterocycles. The second kappa shape index (κ2) is 4.00. The quantitative estimate of drug-likeness (QED) is 0.668. The molecule has 0 bridgehead atoms. The van der Waals surface area contributed by atoms with E-state index in [1.807, 2.05) is 34.6 Å². The van der Waals surface area contributed by atoms with E-state index in [0.717, 1.165) is 0 Å². The molecule has 0 spiro atoms. The number of carbonyl (C=O) groups is 1. The van der Waals surface area contributed by atoms with Crippen LogP contribution in [-0.2, 0) is 4.74 Å². The molecule has 1 N–H and O–H groups in total. The molecule has 4 nitrogen and oxygen atoms in total. The second-order valence-electron chi connectivity index (χ2n) is 5.34.